The van der Waals surface area contributed by atoms with Crippen molar-refractivity contribution < 1.29 is 4.79 Å². The Morgan fingerprint density at radius 3 is 2.24 bits per heavy atom. The van der Waals surface area contributed by atoms with Crippen molar-refractivity contribution >= 4 is 11.6 Å². The summed E-state index contributed by atoms with van der Waals surface area (Å²) in [4.78, 5) is 14.7. The van der Waals surface area contributed by atoms with Gasteiger partial charge in [0.25, 0.3) is 5.91 Å². The zero-order chi connectivity index (χ0) is 14.8. The quantitative estimate of drug-likeness (QED) is 0.816. The van der Waals surface area contributed by atoms with Crippen LogP contribution in [0.2, 0.25) is 0 Å². The number of fused-ring (bicyclic) bond motifs is 1. The lowest BCUT2D eigenvalue weighted by atomic mass is 10.0. The van der Waals surface area contributed by atoms with Gasteiger partial charge in [-0.2, -0.15) is 0 Å². The Labute approximate surface area is 125 Å². The van der Waals surface area contributed by atoms with Crippen LogP contribution in [0.15, 0.2) is 42.5 Å². The van der Waals surface area contributed by atoms with E-state index in [-0.39, 0.29) is 5.91 Å². The molecule has 3 heteroatoms. The van der Waals surface area contributed by atoms with Crippen LogP contribution in [0, 0.1) is 6.92 Å². The summed E-state index contributed by atoms with van der Waals surface area (Å²) in [7, 11) is 0. The Morgan fingerprint density at radius 2 is 1.67 bits per heavy atom. The number of hydrogen-bond acceptors (Lipinski definition) is 2. The number of anilines is 1. The fraction of sp³-hybridized carbons (Fsp3) is 0.278. The second-order valence-electron chi connectivity index (χ2n) is 5.64. The van der Waals surface area contributed by atoms with Crippen LogP contribution in [0.25, 0.3) is 0 Å². The van der Waals surface area contributed by atoms with Gasteiger partial charge in [0.05, 0.1) is 0 Å². The van der Waals surface area contributed by atoms with Crippen LogP contribution >= 0.6 is 0 Å². The predicted octanol–water partition coefficient (Wildman–Crippen LogP) is 2.82. The first-order chi connectivity index (χ1) is 10.1. The van der Waals surface area contributed by atoms with E-state index in [0.717, 1.165) is 37.1 Å². The van der Waals surface area contributed by atoms with Crippen molar-refractivity contribution in [2.75, 3.05) is 18.8 Å². The molecule has 1 aliphatic rings. The van der Waals surface area contributed by atoms with Gasteiger partial charge in [-0.3, -0.25) is 4.79 Å². The van der Waals surface area contributed by atoms with E-state index >= 15 is 0 Å². The van der Waals surface area contributed by atoms with Gasteiger partial charge in [0.15, 0.2) is 0 Å². The lowest BCUT2D eigenvalue weighted by molar-refractivity contribution is 0.0762. The van der Waals surface area contributed by atoms with E-state index in [9.17, 15) is 4.79 Å². The first kappa shape index (κ1) is 13.7. The Morgan fingerprint density at radius 1 is 1.05 bits per heavy atom. The molecule has 0 atom stereocenters. The van der Waals surface area contributed by atoms with Gasteiger partial charge in [0.1, 0.15) is 0 Å². The molecule has 0 saturated carbocycles. The van der Waals surface area contributed by atoms with Crippen molar-refractivity contribution in [3.8, 4) is 0 Å². The highest BCUT2D eigenvalue weighted by molar-refractivity contribution is 5.96. The van der Waals surface area contributed by atoms with Crippen molar-refractivity contribution in [3.63, 3.8) is 0 Å². The number of nitrogen functional groups attached to an aromatic ring is 1. The highest BCUT2D eigenvalue weighted by Crippen LogP contribution is 2.19. The molecule has 3 rings (SSSR count). The molecule has 1 aliphatic heterocycles. The van der Waals surface area contributed by atoms with Crippen LogP contribution in [0.1, 0.15) is 27.0 Å². The molecular formula is C18H20N2O. The second-order valence-corrected chi connectivity index (χ2v) is 5.64. The van der Waals surface area contributed by atoms with Crippen molar-refractivity contribution in [1.82, 2.24) is 4.90 Å². The Bertz CT molecular complexity index is 652. The fourth-order valence-corrected chi connectivity index (χ4v) is 2.97. The number of nitrogens with two attached hydrogens (primary N) is 1. The van der Waals surface area contributed by atoms with Crippen molar-refractivity contribution in [3.05, 3.63) is 64.7 Å². The summed E-state index contributed by atoms with van der Waals surface area (Å²) < 4.78 is 0. The van der Waals surface area contributed by atoms with Crippen LogP contribution in [0.5, 0.6) is 0 Å². The summed E-state index contributed by atoms with van der Waals surface area (Å²) in [6, 6.07) is 14.0. The molecule has 3 nitrogen and oxygen atoms in total. The number of amides is 1. The van der Waals surface area contributed by atoms with Gasteiger partial charge < -0.3 is 10.6 Å². The third kappa shape index (κ3) is 2.77. The molecule has 1 amide bonds. The van der Waals surface area contributed by atoms with E-state index in [1.165, 1.54) is 11.1 Å². The fourth-order valence-electron chi connectivity index (χ4n) is 2.97. The van der Waals surface area contributed by atoms with Crippen LogP contribution in [0.4, 0.5) is 5.69 Å². The normalized spacial score (nSPS) is 14.4. The summed E-state index contributed by atoms with van der Waals surface area (Å²) >= 11 is 0. The predicted molar refractivity (Wildman–Crippen MR) is 85.3 cm³/mol. The first-order valence-corrected chi connectivity index (χ1v) is 7.37. The first-order valence-electron chi connectivity index (χ1n) is 7.37. The van der Waals surface area contributed by atoms with E-state index in [0.29, 0.717) is 5.69 Å². The van der Waals surface area contributed by atoms with E-state index in [1.54, 1.807) is 6.07 Å². The highest BCUT2D eigenvalue weighted by atomic mass is 16.2. The van der Waals surface area contributed by atoms with Crippen molar-refractivity contribution in [2.24, 2.45) is 0 Å². The summed E-state index contributed by atoms with van der Waals surface area (Å²) in [5.41, 5.74) is 10.9. The van der Waals surface area contributed by atoms with Crippen molar-refractivity contribution in [2.45, 2.75) is 19.8 Å². The molecule has 0 spiro atoms. The van der Waals surface area contributed by atoms with Crippen LogP contribution in [0.3, 0.4) is 0 Å². The van der Waals surface area contributed by atoms with Crippen molar-refractivity contribution in [1.29, 1.82) is 0 Å². The number of aryl methyl sites for hydroxylation is 1. The number of carbonyl (C=O) groups is 1. The molecule has 0 radical (unpaired) electrons. The van der Waals surface area contributed by atoms with Gasteiger partial charge >= 0.3 is 0 Å². The number of rotatable bonds is 1. The third-order valence-electron chi connectivity index (χ3n) is 4.19. The monoisotopic (exact) mass is 280 g/mol. The van der Waals surface area contributed by atoms with Gasteiger partial charge in [-0.15, -0.1) is 0 Å². The molecule has 21 heavy (non-hydrogen) atoms. The zero-order valence-corrected chi connectivity index (χ0v) is 12.3. The number of hydrogen-bond donors (Lipinski definition) is 1. The molecule has 1 heterocycles. The zero-order valence-electron chi connectivity index (χ0n) is 12.3. The Hall–Kier alpha value is -2.29. The summed E-state index contributed by atoms with van der Waals surface area (Å²) in [6.07, 6.45) is 1.85. The number of carbonyl (C=O) groups excluding carboxylic acids is 1. The molecule has 0 aromatic heterocycles. The number of nitrogens with zero attached hydrogens (tertiary/aromatic N) is 1. The average molecular weight is 280 g/mol. The van der Waals surface area contributed by atoms with E-state index in [1.807, 2.05) is 24.0 Å². The summed E-state index contributed by atoms with van der Waals surface area (Å²) in [5, 5.41) is 0. The molecule has 0 saturated heterocycles. The number of benzene rings is 2. The Balaban J connectivity index is 1.81. The minimum absolute atomic E-state index is 0.111. The summed E-state index contributed by atoms with van der Waals surface area (Å²) in [5.74, 6) is 0.111. The van der Waals surface area contributed by atoms with Crippen LogP contribution in [-0.4, -0.2) is 23.9 Å². The third-order valence-corrected chi connectivity index (χ3v) is 4.19. The maximum atomic E-state index is 12.7. The molecule has 0 bridgehead atoms. The summed E-state index contributed by atoms with van der Waals surface area (Å²) in [6.45, 7) is 3.50. The van der Waals surface area contributed by atoms with Crippen LogP contribution < -0.4 is 5.73 Å². The standard InChI is InChI=1S/C18H20N2O/c1-13-12-16(19)6-7-17(13)18(21)20-10-8-14-4-2-3-5-15(14)9-11-20/h2-7,12H,8-11,19H2,1H3. The molecule has 2 N–H and O–H groups in total. The van der Waals surface area contributed by atoms with E-state index in [4.69, 9.17) is 5.73 Å². The smallest absolute Gasteiger partial charge is 0.254 e. The SMILES string of the molecule is Cc1cc(N)ccc1C(=O)N1CCc2ccccc2CC1. The van der Waals surface area contributed by atoms with Gasteiger partial charge in [-0.25, -0.2) is 0 Å². The topological polar surface area (TPSA) is 46.3 Å². The maximum absolute atomic E-state index is 12.7. The lowest BCUT2D eigenvalue weighted by Crippen LogP contribution is -2.33. The van der Waals surface area contributed by atoms with E-state index < -0.39 is 0 Å². The largest absolute Gasteiger partial charge is 0.399 e. The molecule has 2 aromatic carbocycles. The van der Waals surface area contributed by atoms with Gasteiger partial charge in [-0.05, 0) is 54.7 Å². The van der Waals surface area contributed by atoms with Gasteiger partial charge in [0, 0.05) is 24.3 Å². The van der Waals surface area contributed by atoms with Gasteiger partial charge in [-0.1, -0.05) is 24.3 Å². The van der Waals surface area contributed by atoms with Gasteiger partial charge in [0.2, 0.25) is 0 Å². The molecule has 0 unspecified atom stereocenters. The molecule has 0 aliphatic carbocycles. The maximum Gasteiger partial charge on any atom is 0.254 e. The highest BCUT2D eigenvalue weighted by Gasteiger charge is 2.20. The minimum Gasteiger partial charge on any atom is -0.399 e. The minimum atomic E-state index is 0.111. The molecule has 0 fully saturated rings. The Kier molecular flexibility index (Phi) is 3.65. The molecule has 2 aromatic rings. The van der Waals surface area contributed by atoms with Crippen LogP contribution in [-0.2, 0) is 12.8 Å². The lowest BCUT2D eigenvalue weighted by Gasteiger charge is -2.21. The average Bonchev–Trinajstić information content (AvgIpc) is 2.69. The second kappa shape index (κ2) is 5.60. The molecule has 108 valence electrons. The van der Waals surface area contributed by atoms with E-state index in [2.05, 4.69) is 24.3 Å². The molecular weight excluding hydrogens is 260 g/mol.